The van der Waals surface area contributed by atoms with Gasteiger partial charge in [-0.3, -0.25) is 0 Å². The standard InChI is InChI=1S/C9H10O2S/c1-6(12)7-2-4-8(5-3-7)9(10)11/h2-6,12H,1H3,(H,10,11)/t6-/m1/s1. The highest BCUT2D eigenvalue weighted by Crippen LogP contribution is 2.18. The van der Waals surface area contributed by atoms with Crippen LogP contribution in [0, 0.1) is 0 Å². The predicted molar refractivity (Wildman–Crippen MR) is 50.8 cm³/mol. The van der Waals surface area contributed by atoms with Gasteiger partial charge in [-0.2, -0.15) is 12.6 Å². The Labute approximate surface area is 76.6 Å². The summed E-state index contributed by atoms with van der Waals surface area (Å²) < 4.78 is 0. The third-order valence-electron chi connectivity index (χ3n) is 1.64. The van der Waals surface area contributed by atoms with Crippen molar-refractivity contribution in [2.24, 2.45) is 0 Å². The van der Waals surface area contributed by atoms with E-state index in [2.05, 4.69) is 12.6 Å². The summed E-state index contributed by atoms with van der Waals surface area (Å²) in [6, 6.07) is 6.73. The highest BCUT2D eigenvalue weighted by Gasteiger charge is 2.03. The Morgan fingerprint density at radius 2 is 1.92 bits per heavy atom. The zero-order valence-corrected chi connectivity index (χ0v) is 7.58. The first-order valence-electron chi connectivity index (χ1n) is 3.62. The van der Waals surface area contributed by atoms with Gasteiger partial charge in [0.25, 0.3) is 0 Å². The summed E-state index contributed by atoms with van der Waals surface area (Å²) in [4.78, 5) is 10.5. The number of carboxylic acid groups (broad SMARTS) is 1. The number of rotatable bonds is 2. The topological polar surface area (TPSA) is 37.3 Å². The average molecular weight is 182 g/mol. The van der Waals surface area contributed by atoms with Crippen LogP contribution in [0.4, 0.5) is 0 Å². The Hall–Kier alpha value is -0.960. The molecule has 0 bridgehead atoms. The van der Waals surface area contributed by atoms with Crippen LogP contribution in [0.15, 0.2) is 24.3 Å². The van der Waals surface area contributed by atoms with Crippen molar-refractivity contribution in [3.8, 4) is 0 Å². The molecule has 12 heavy (non-hydrogen) atoms. The normalized spacial score (nSPS) is 12.5. The largest absolute Gasteiger partial charge is 0.478 e. The van der Waals surface area contributed by atoms with Gasteiger partial charge >= 0.3 is 5.97 Å². The lowest BCUT2D eigenvalue weighted by molar-refractivity contribution is 0.0697. The molecule has 0 aliphatic heterocycles. The zero-order valence-electron chi connectivity index (χ0n) is 6.69. The van der Waals surface area contributed by atoms with E-state index < -0.39 is 5.97 Å². The van der Waals surface area contributed by atoms with Crippen LogP contribution < -0.4 is 0 Å². The molecule has 64 valence electrons. The molecule has 1 N–H and O–H groups in total. The first kappa shape index (κ1) is 9.13. The number of hydrogen-bond acceptors (Lipinski definition) is 2. The average Bonchev–Trinajstić information content (AvgIpc) is 2.04. The van der Waals surface area contributed by atoms with E-state index in [9.17, 15) is 4.79 Å². The minimum Gasteiger partial charge on any atom is -0.478 e. The van der Waals surface area contributed by atoms with Crippen molar-refractivity contribution < 1.29 is 9.90 Å². The lowest BCUT2D eigenvalue weighted by Crippen LogP contribution is -1.95. The molecule has 0 fully saturated rings. The molecule has 1 aromatic rings. The number of thiol groups is 1. The zero-order chi connectivity index (χ0) is 9.14. The molecule has 1 atom stereocenters. The fourth-order valence-corrected chi connectivity index (χ4v) is 1.08. The maximum absolute atomic E-state index is 10.5. The van der Waals surface area contributed by atoms with E-state index in [4.69, 9.17) is 5.11 Å². The number of hydrogen-bond donors (Lipinski definition) is 2. The minimum absolute atomic E-state index is 0.146. The van der Waals surface area contributed by atoms with Crippen molar-refractivity contribution in [1.82, 2.24) is 0 Å². The van der Waals surface area contributed by atoms with Crippen molar-refractivity contribution in [3.63, 3.8) is 0 Å². The summed E-state index contributed by atoms with van der Waals surface area (Å²) >= 11 is 4.23. The second-order valence-electron chi connectivity index (χ2n) is 2.60. The van der Waals surface area contributed by atoms with Gasteiger partial charge in [0.1, 0.15) is 0 Å². The van der Waals surface area contributed by atoms with Crippen LogP contribution in [0.2, 0.25) is 0 Å². The summed E-state index contributed by atoms with van der Waals surface area (Å²) in [5.41, 5.74) is 1.34. The van der Waals surface area contributed by atoms with Gasteiger partial charge in [-0.1, -0.05) is 12.1 Å². The quantitative estimate of drug-likeness (QED) is 0.689. The van der Waals surface area contributed by atoms with E-state index in [1.165, 1.54) is 0 Å². The van der Waals surface area contributed by atoms with Crippen molar-refractivity contribution in [2.45, 2.75) is 12.2 Å². The summed E-state index contributed by atoms with van der Waals surface area (Å²) in [5, 5.41) is 8.74. The molecule has 3 heteroatoms. The third-order valence-corrected chi connectivity index (χ3v) is 1.94. The minimum atomic E-state index is -0.895. The predicted octanol–water partition coefficient (Wildman–Crippen LogP) is 2.38. The number of benzene rings is 1. The Morgan fingerprint density at radius 3 is 2.25 bits per heavy atom. The molecular formula is C9H10O2S. The van der Waals surface area contributed by atoms with Gasteiger partial charge in [-0.05, 0) is 24.6 Å². The smallest absolute Gasteiger partial charge is 0.335 e. The summed E-state index contributed by atoms with van der Waals surface area (Å²) in [7, 11) is 0. The Bertz CT molecular complexity index is 277. The van der Waals surface area contributed by atoms with Crippen LogP contribution >= 0.6 is 12.6 Å². The van der Waals surface area contributed by atoms with Crippen LogP contribution in [-0.2, 0) is 0 Å². The molecule has 1 rings (SSSR count). The molecule has 1 aromatic carbocycles. The summed E-state index contributed by atoms with van der Waals surface area (Å²) in [6.07, 6.45) is 0. The second kappa shape index (κ2) is 3.63. The Kier molecular flexibility index (Phi) is 2.76. The SMILES string of the molecule is C[C@@H](S)c1ccc(C(=O)O)cc1. The highest BCUT2D eigenvalue weighted by atomic mass is 32.1. The van der Waals surface area contributed by atoms with Crippen LogP contribution in [0.3, 0.4) is 0 Å². The number of carbonyl (C=O) groups is 1. The molecule has 0 spiro atoms. The maximum Gasteiger partial charge on any atom is 0.335 e. The second-order valence-corrected chi connectivity index (χ2v) is 3.38. The first-order valence-corrected chi connectivity index (χ1v) is 4.14. The van der Waals surface area contributed by atoms with Crippen molar-refractivity contribution in [3.05, 3.63) is 35.4 Å². The van der Waals surface area contributed by atoms with Crippen molar-refractivity contribution in [1.29, 1.82) is 0 Å². The van der Waals surface area contributed by atoms with E-state index in [1.54, 1.807) is 24.3 Å². The highest BCUT2D eigenvalue weighted by molar-refractivity contribution is 7.80. The fourth-order valence-electron chi connectivity index (χ4n) is 0.904. The van der Waals surface area contributed by atoms with E-state index in [1.807, 2.05) is 6.92 Å². The van der Waals surface area contributed by atoms with Crippen LogP contribution in [-0.4, -0.2) is 11.1 Å². The molecule has 0 aliphatic carbocycles. The van der Waals surface area contributed by atoms with Gasteiger partial charge in [-0.15, -0.1) is 0 Å². The number of carboxylic acids is 1. The molecule has 0 radical (unpaired) electrons. The molecule has 0 heterocycles. The van der Waals surface area contributed by atoms with E-state index in [-0.39, 0.29) is 5.25 Å². The van der Waals surface area contributed by atoms with Gasteiger partial charge in [0.15, 0.2) is 0 Å². The molecule has 0 unspecified atom stereocenters. The number of aromatic carboxylic acids is 1. The molecule has 0 aromatic heterocycles. The van der Waals surface area contributed by atoms with E-state index in [0.29, 0.717) is 5.56 Å². The molecule has 0 saturated heterocycles. The van der Waals surface area contributed by atoms with Gasteiger partial charge in [0.2, 0.25) is 0 Å². The van der Waals surface area contributed by atoms with E-state index in [0.717, 1.165) is 5.56 Å². The molecular weight excluding hydrogens is 172 g/mol. The fraction of sp³-hybridized carbons (Fsp3) is 0.222. The Morgan fingerprint density at radius 1 is 1.42 bits per heavy atom. The molecule has 0 aliphatic rings. The summed E-state index contributed by atoms with van der Waals surface area (Å²) in [5.74, 6) is -0.895. The van der Waals surface area contributed by atoms with Gasteiger partial charge in [0, 0.05) is 5.25 Å². The lowest BCUT2D eigenvalue weighted by atomic mass is 10.1. The third kappa shape index (κ3) is 2.01. The molecule has 0 amide bonds. The monoisotopic (exact) mass is 182 g/mol. The van der Waals surface area contributed by atoms with Crippen molar-refractivity contribution >= 4 is 18.6 Å². The Balaban J connectivity index is 2.93. The first-order chi connectivity index (χ1) is 5.61. The van der Waals surface area contributed by atoms with Gasteiger partial charge in [-0.25, -0.2) is 4.79 Å². The lowest BCUT2D eigenvalue weighted by Gasteiger charge is -2.03. The summed E-state index contributed by atoms with van der Waals surface area (Å²) in [6.45, 7) is 1.94. The molecule has 0 saturated carbocycles. The van der Waals surface area contributed by atoms with Crippen LogP contribution in [0.25, 0.3) is 0 Å². The van der Waals surface area contributed by atoms with Crippen molar-refractivity contribution in [2.75, 3.05) is 0 Å². The van der Waals surface area contributed by atoms with Gasteiger partial charge in [0.05, 0.1) is 5.56 Å². The van der Waals surface area contributed by atoms with Crippen LogP contribution in [0.1, 0.15) is 28.1 Å². The van der Waals surface area contributed by atoms with E-state index >= 15 is 0 Å². The van der Waals surface area contributed by atoms with Gasteiger partial charge < -0.3 is 5.11 Å². The maximum atomic E-state index is 10.5. The molecule has 2 nitrogen and oxygen atoms in total. The van der Waals surface area contributed by atoms with Crippen LogP contribution in [0.5, 0.6) is 0 Å².